The van der Waals surface area contributed by atoms with Crippen LogP contribution in [-0.4, -0.2) is 28.6 Å². The van der Waals surface area contributed by atoms with Gasteiger partial charge in [-0.2, -0.15) is 4.74 Å². The molecule has 2 aromatic carbocycles. The van der Waals surface area contributed by atoms with Gasteiger partial charge in [-0.1, -0.05) is 35.9 Å². The second-order valence-corrected chi connectivity index (χ2v) is 7.68. The zero-order chi connectivity index (χ0) is 22.1. The zero-order valence-electron chi connectivity index (χ0n) is 17.3. The van der Waals surface area contributed by atoms with Crippen LogP contribution >= 0.6 is 0 Å². The molecule has 0 saturated carbocycles. The van der Waals surface area contributed by atoms with Crippen molar-refractivity contribution in [2.45, 2.75) is 25.9 Å². The molecule has 2 aromatic rings. The molecule has 1 heterocycles. The van der Waals surface area contributed by atoms with Crippen molar-refractivity contribution < 1.29 is 23.8 Å². The van der Waals surface area contributed by atoms with E-state index in [0.29, 0.717) is 23.6 Å². The molecule has 0 spiro atoms. The maximum atomic E-state index is 14.0. The summed E-state index contributed by atoms with van der Waals surface area (Å²) in [6.07, 6.45) is 6.53. The standard InChI is InChI=1S/C25H22FNO4/c1-15-11-16(7-9-19(15)20-6-4-3-5-18(20)14-31-2)23-13-24(27(23)30)17-8-10-21(25(28)29)22(26)12-17/h3-8,10-13,19H,9,14H2,1-2H3,(H,28,29). The summed E-state index contributed by atoms with van der Waals surface area (Å²) in [6.45, 7) is 2.60. The Labute approximate surface area is 179 Å². The fraction of sp³-hybridized carbons (Fsp3) is 0.200. The van der Waals surface area contributed by atoms with Gasteiger partial charge in [0.2, 0.25) is 11.4 Å². The van der Waals surface area contributed by atoms with E-state index < -0.39 is 17.3 Å². The van der Waals surface area contributed by atoms with Crippen LogP contribution in [0.4, 0.5) is 4.39 Å². The van der Waals surface area contributed by atoms with Gasteiger partial charge in [0.05, 0.1) is 23.8 Å². The van der Waals surface area contributed by atoms with Gasteiger partial charge in [-0.25, -0.2) is 9.18 Å². The second-order valence-electron chi connectivity index (χ2n) is 7.68. The Balaban J connectivity index is 1.54. The summed E-state index contributed by atoms with van der Waals surface area (Å²) in [4.78, 5) is 11.0. The van der Waals surface area contributed by atoms with Gasteiger partial charge in [0.1, 0.15) is 5.82 Å². The fourth-order valence-corrected chi connectivity index (χ4v) is 4.11. The quantitative estimate of drug-likeness (QED) is 0.532. The van der Waals surface area contributed by atoms with Crippen molar-refractivity contribution >= 4 is 11.7 Å². The Bertz CT molecular complexity index is 1190. The number of allylic oxidation sites excluding steroid dienone is 4. The van der Waals surface area contributed by atoms with Crippen molar-refractivity contribution in [1.82, 2.24) is 0 Å². The van der Waals surface area contributed by atoms with Crippen molar-refractivity contribution in [1.29, 1.82) is 0 Å². The van der Waals surface area contributed by atoms with Gasteiger partial charge in [-0.15, -0.1) is 0 Å². The van der Waals surface area contributed by atoms with E-state index in [9.17, 15) is 14.4 Å². The molecule has 0 fully saturated rings. The lowest BCUT2D eigenvalue weighted by atomic mass is 9.81. The molecular weight excluding hydrogens is 397 g/mol. The maximum absolute atomic E-state index is 14.0. The predicted octanol–water partition coefficient (Wildman–Crippen LogP) is 4.93. The summed E-state index contributed by atoms with van der Waals surface area (Å²) in [5.74, 6) is -1.98. The van der Waals surface area contributed by atoms with Crippen LogP contribution in [0.5, 0.6) is 0 Å². The summed E-state index contributed by atoms with van der Waals surface area (Å²) < 4.78 is 20.1. The number of hydrogen-bond donors (Lipinski definition) is 1. The highest BCUT2D eigenvalue weighted by Gasteiger charge is 2.31. The summed E-state index contributed by atoms with van der Waals surface area (Å²) in [6, 6.07) is 11.9. The first-order valence-corrected chi connectivity index (χ1v) is 9.95. The molecule has 1 N–H and O–H groups in total. The van der Waals surface area contributed by atoms with Gasteiger partial charge in [0.25, 0.3) is 0 Å². The third-order valence-electron chi connectivity index (χ3n) is 5.74. The molecule has 1 aliphatic heterocycles. The second kappa shape index (κ2) is 8.32. The normalized spacial score (nSPS) is 18.2. The molecule has 5 nitrogen and oxygen atoms in total. The highest BCUT2D eigenvalue weighted by atomic mass is 19.1. The molecule has 1 aliphatic carbocycles. The Hall–Kier alpha value is -3.51. The molecule has 4 rings (SSSR count). The lowest BCUT2D eigenvalue weighted by molar-refractivity contribution is -0.407. The highest BCUT2D eigenvalue weighted by Crippen LogP contribution is 2.37. The van der Waals surface area contributed by atoms with E-state index in [1.807, 2.05) is 24.3 Å². The Morgan fingerprint density at radius 2 is 2.03 bits per heavy atom. The van der Waals surface area contributed by atoms with Gasteiger partial charge < -0.3 is 15.1 Å². The van der Waals surface area contributed by atoms with E-state index in [1.165, 1.54) is 17.7 Å². The first-order valence-electron chi connectivity index (χ1n) is 9.95. The van der Waals surface area contributed by atoms with Crippen molar-refractivity contribution in [2.24, 2.45) is 0 Å². The van der Waals surface area contributed by atoms with Crippen molar-refractivity contribution in [3.63, 3.8) is 0 Å². The summed E-state index contributed by atoms with van der Waals surface area (Å²) in [7, 11) is 1.68. The third kappa shape index (κ3) is 3.82. The van der Waals surface area contributed by atoms with Crippen molar-refractivity contribution in [3.05, 3.63) is 111 Å². The number of benzene rings is 2. The SMILES string of the molecule is COCc1ccccc1C1CC=C(C2=CC(c3ccc(C(=O)O)c(F)c3)=[N+]2[O-])C=C1C. The molecule has 0 amide bonds. The molecule has 0 saturated heterocycles. The Morgan fingerprint density at radius 3 is 2.68 bits per heavy atom. The smallest absolute Gasteiger partial charge is 0.338 e. The first kappa shape index (κ1) is 20.8. The molecule has 0 bridgehead atoms. The molecule has 1 atom stereocenters. The minimum atomic E-state index is -1.34. The van der Waals surface area contributed by atoms with Gasteiger partial charge in [0.15, 0.2) is 0 Å². The van der Waals surface area contributed by atoms with Crippen LogP contribution in [0.1, 0.15) is 46.3 Å². The molecule has 0 aromatic heterocycles. The molecular formula is C25H22FNO4. The number of aromatic carboxylic acids is 1. The number of ether oxygens (including phenoxy) is 1. The first-order chi connectivity index (χ1) is 14.9. The molecule has 1 unspecified atom stereocenters. The molecule has 31 heavy (non-hydrogen) atoms. The van der Waals surface area contributed by atoms with E-state index in [2.05, 4.69) is 19.1 Å². The minimum Gasteiger partial charge on any atom is -0.618 e. The molecule has 2 aliphatic rings. The number of rotatable bonds is 6. The lowest BCUT2D eigenvalue weighted by Gasteiger charge is -2.26. The monoisotopic (exact) mass is 419 g/mol. The van der Waals surface area contributed by atoms with Gasteiger partial charge in [0, 0.05) is 18.6 Å². The van der Waals surface area contributed by atoms with Crippen LogP contribution in [0.2, 0.25) is 0 Å². The predicted molar refractivity (Wildman–Crippen MR) is 116 cm³/mol. The van der Waals surface area contributed by atoms with Gasteiger partial charge >= 0.3 is 5.97 Å². The largest absolute Gasteiger partial charge is 0.618 e. The summed E-state index contributed by atoms with van der Waals surface area (Å²) in [5.41, 5.74) is 5.11. The molecule has 158 valence electrons. The zero-order valence-corrected chi connectivity index (χ0v) is 17.3. The number of carboxylic acid groups (broad SMARTS) is 1. The van der Waals surface area contributed by atoms with Crippen molar-refractivity contribution in [3.8, 4) is 0 Å². The fourth-order valence-electron chi connectivity index (χ4n) is 4.11. The van der Waals surface area contributed by atoms with Crippen LogP contribution < -0.4 is 0 Å². The lowest BCUT2D eigenvalue weighted by Crippen LogP contribution is -2.26. The average Bonchev–Trinajstić information content (AvgIpc) is 2.73. The highest BCUT2D eigenvalue weighted by molar-refractivity contribution is 6.09. The number of methoxy groups -OCH3 is 1. The average molecular weight is 419 g/mol. The van der Waals surface area contributed by atoms with Crippen LogP contribution in [-0.2, 0) is 11.3 Å². The number of carboxylic acids is 1. The number of halogens is 1. The number of carbonyl (C=O) groups is 1. The van der Waals surface area contributed by atoms with E-state index in [1.54, 1.807) is 13.2 Å². The van der Waals surface area contributed by atoms with Crippen LogP contribution in [0, 0.1) is 11.0 Å². The van der Waals surface area contributed by atoms with Crippen molar-refractivity contribution in [2.75, 3.05) is 7.11 Å². The number of hydrogen-bond acceptors (Lipinski definition) is 3. The Morgan fingerprint density at radius 1 is 1.26 bits per heavy atom. The van der Waals surface area contributed by atoms with E-state index in [4.69, 9.17) is 9.84 Å². The number of nitrogens with zero attached hydrogens (tertiary/aromatic N) is 1. The van der Waals surface area contributed by atoms with Gasteiger partial charge in [-0.3, -0.25) is 0 Å². The van der Waals surface area contributed by atoms with Crippen LogP contribution in [0.3, 0.4) is 0 Å². The molecule has 6 heteroatoms. The van der Waals surface area contributed by atoms with E-state index in [-0.39, 0.29) is 5.92 Å². The van der Waals surface area contributed by atoms with Gasteiger partial charge in [-0.05, 0) is 48.7 Å². The molecule has 0 radical (unpaired) electrons. The van der Waals surface area contributed by atoms with Crippen LogP contribution in [0.15, 0.2) is 77.5 Å². The van der Waals surface area contributed by atoms with E-state index >= 15 is 0 Å². The summed E-state index contributed by atoms with van der Waals surface area (Å²) in [5, 5.41) is 21.6. The minimum absolute atomic E-state index is 0.219. The maximum Gasteiger partial charge on any atom is 0.338 e. The topological polar surface area (TPSA) is 72.6 Å². The third-order valence-corrected chi connectivity index (χ3v) is 5.74. The van der Waals surface area contributed by atoms with E-state index in [0.717, 1.165) is 33.9 Å². The summed E-state index contributed by atoms with van der Waals surface area (Å²) >= 11 is 0. The Kier molecular flexibility index (Phi) is 5.57. The number of hydroxylamine groups is 1. The van der Waals surface area contributed by atoms with Crippen LogP contribution in [0.25, 0.3) is 0 Å².